The van der Waals surface area contributed by atoms with Crippen molar-refractivity contribution in [3.63, 3.8) is 0 Å². The van der Waals surface area contributed by atoms with E-state index >= 15 is 0 Å². The maximum atomic E-state index is 5.52. The number of rotatable bonds is 9. The molecule has 3 aromatic carbocycles. The van der Waals surface area contributed by atoms with Gasteiger partial charge >= 0.3 is 0 Å². The van der Waals surface area contributed by atoms with E-state index in [0.29, 0.717) is 34.5 Å². The molecule has 0 saturated heterocycles. The Kier molecular flexibility index (Phi) is 6.97. The molecule has 7 nitrogen and oxygen atoms in total. The second kappa shape index (κ2) is 9.84. The van der Waals surface area contributed by atoms with Crippen LogP contribution in [0.15, 0.2) is 54.6 Å². The summed E-state index contributed by atoms with van der Waals surface area (Å²) in [6.45, 7) is 0. The molecule has 0 atom stereocenters. The smallest absolute Gasteiger partial charge is 0.162 e. The summed E-state index contributed by atoms with van der Waals surface area (Å²) in [5.74, 6) is 3.78. The Labute approximate surface area is 182 Å². The average Bonchev–Trinajstić information content (AvgIpc) is 2.83. The van der Waals surface area contributed by atoms with Crippen molar-refractivity contribution in [2.24, 2.45) is 0 Å². The van der Waals surface area contributed by atoms with Gasteiger partial charge in [0.25, 0.3) is 0 Å². The van der Waals surface area contributed by atoms with Crippen LogP contribution in [0, 0.1) is 0 Å². The maximum Gasteiger partial charge on any atom is 0.162 e. The lowest BCUT2D eigenvalue weighted by molar-refractivity contribution is 0.354. The summed E-state index contributed by atoms with van der Waals surface area (Å²) in [5, 5.41) is 0. The van der Waals surface area contributed by atoms with Gasteiger partial charge in [-0.15, -0.1) is 0 Å². The van der Waals surface area contributed by atoms with Gasteiger partial charge in [0.2, 0.25) is 0 Å². The molecule has 0 aliphatic heterocycles. The molecule has 164 valence electrons. The minimum absolute atomic E-state index is 0.617. The van der Waals surface area contributed by atoms with Gasteiger partial charge in [0.1, 0.15) is 0 Å². The predicted molar refractivity (Wildman–Crippen MR) is 120 cm³/mol. The zero-order valence-corrected chi connectivity index (χ0v) is 18.6. The molecule has 0 unspecified atom stereocenters. The Balaban J connectivity index is 2.22. The molecule has 0 saturated carbocycles. The lowest BCUT2D eigenvalue weighted by Gasteiger charge is -2.27. The van der Waals surface area contributed by atoms with Gasteiger partial charge in [0.05, 0.1) is 59.7 Å². The molecule has 0 aromatic heterocycles. The summed E-state index contributed by atoms with van der Waals surface area (Å²) >= 11 is 0. The van der Waals surface area contributed by atoms with E-state index < -0.39 is 0 Å². The van der Waals surface area contributed by atoms with Crippen molar-refractivity contribution in [3.8, 4) is 34.5 Å². The molecule has 7 heteroatoms. The Morgan fingerprint density at radius 2 is 0.645 bits per heavy atom. The van der Waals surface area contributed by atoms with Crippen molar-refractivity contribution >= 4 is 17.1 Å². The van der Waals surface area contributed by atoms with Gasteiger partial charge < -0.3 is 33.3 Å². The van der Waals surface area contributed by atoms with Gasteiger partial charge in [0.15, 0.2) is 34.5 Å². The van der Waals surface area contributed by atoms with E-state index in [1.54, 1.807) is 42.7 Å². The van der Waals surface area contributed by atoms with E-state index in [1.165, 1.54) is 0 Å². The number of nitrogens with zero attached hydrogens (tertiary/aromatic N) is 1. The standard InChI is InChI=1S/C24H27NO6/c1-26-19-10-7-16(13-22(19)29-4)25(17-8-11-20(27-2)23(14-17)30-5)18-9-12-21(28-3)24(15-18)31-6/h7-15H,1-6H3. The first-order chi connectivity index (χ1) is 15.1. The highest BCUT2D eigenvalue weighted by Gasteiger charge is 2.19. The van der Waals surface area contributed by atoms with Gasteiger partial charge in [-0.05, 0) is 36.4 Å². The van der Waals surface area contributed by atoms with Crippen molar-refractivity contribution in [3.05, 3.63) is 54.6 Å². The van der Waals surface area contributed by atoms with Crippen molar-refractivity contribution in [2.75, 3.05) is 47.6 Å². The Morgan fingerprint density at radius 3 is 0.871 bits per heavy atom. The Morgan fingerprint density at radius 1 is 0.387 bits per heavy atom. The van der Waals surface area contributed by atoms with Crippen LogP contribution in [0.25, 0.3) is 0 Å². The highest BCUT2D eigenvalue weighted by molar-refractivity contribution is 5.80. The number of ether oxygens (including phenoxy) is 6. The molecule has 0 spiro atoms. The van der Waals surface area contributed by atoms with Crippen LogP contribution in [0.3, 0.4) is 0 Å². The molecule has 0 bridgehead atoms. The summed E-state index contributed by atoms with van der Waals surface area (Å²) in [4.78, 5) is 2.05. The molecular formula is C24H27NO6. The van der Waals surface area contributed by atoms with Crippen molar-refractivity contribution in [2.45, 2.75) is 0 Å². The van der Waals surface area contributed by atoms with Crippen LogP contribution in [-0.2, 0) is 0 Å². The van der Waals surface area contributed by atoms with Crippen LogP contribution < -0.4 is 33.3 Å². The second-order valence-corrected chi connectivity index (χ2v) is 6.45. The van der Waals surface area contributed by atoms with Crippen LogP contribution in [-0.4, -0.2) is 42.7 Å². The molecular weight excluding hydrogens is 398 g/mol. The number of hydrogen-bond donors (Lipinski definition) is 0. The van der Waals surface area contributed by atoms with E-state index in [1.807, 2.05) is 59.5 Å². The lowest BCUT2D eigenvalue weighted by Crippen LogP contribution is -2.11. The quantitative estimate of drug-likeness (QED) is 0.466. The minimum atomic E-state index is 0.617. The van der Waals surface area contributed by atoms with Gasteiger partial charge in [-0.3, -0.25) is 0 Å². The first-order valence-corrected chi connectivity index (χ1v) is 9.56. The zero-order valence-electron chi connectivity index (χ0n) is 18.6. The summed E-state index contributed by atoms with van der Waals surface area (Å²) in [5.41, 5.74) is 2.58. The predicted octanol–water partition coefficient (Wildman–Crippen LogP) is 5.21. The van der Waals surface area contributed by atoms with E-state index in [-0.39, 0.29) is 0 Å². The third-order valence-corrected chi connectivity index (χ3v) is 4.88. The molecule has 3 rings (SSSR count). The first kappa shape index (κ1) is 22.0. The summed E-state index contributed by atoms with van der Waals surface area (Å²) < 4.78 is 32.8. The van der Waals surface area contributed by atoms with E-state index in [9.17, 15) is 0 Å². The summed E-state index contributed by atoms with van der Waals surface area (Å²) in [6.07, 6.45) is 0. The fourth-order valence-electron chi connectivity index (χ4n) is 3.34. The van der Waals surface area contributed by atoms with Gasteiger partial charge in [-0.25, -0.2) is 0 Å². The van der Waals surface area contributed by atoms with Gasteiger partial charge in [0, 0.05) is 18.2 Å². The van der Waals surface area contributed by atoms with Crippen LogP contribution in [0.1, 0.15) is 0 Å². The SMILES string of the molecule is COc1ccc(N(c2ccc(OC)c(OC)c2)c2ccc(OC)c(OC)c2)cc1OC. The summed E-state index contributed by atoms with van der Waals surface area (Å²) in [6, 6.07) is 17.2. The van der Waals surface area contributed by atoms with Crippen LogP contribution in [0.2, 0.25) is 0 Å². The van der Waals surface area contributed by atoms with Gasteiger partial charge in [-0.2, -0.15) is 0 Å². The highest BCUT2D eigenvalue weighted by atomic mass is 16.5. The molecule has 0 aliphatic rings. The fourth-order valence-corrected chi connectivity index (χ4v) is 3.34. The van der Waals surface area contributed by atoms with E-state index in [4.69, 9.17) is 28.4 Å². The molecule has 0 N–H and O–H groups in total. The highest BCUT2D eigenvalue weighted by Crippen LogP contribution is 2.43. The molecule has 0 aliphatic carbocycles. The van der Waals surface area contributed by atoms with Gasteiger partial charge in [-0.1, -0.05) is 0 Å². The number of hydrogen-bond acceptors (Lipinski definition) is 7. The second-order valence-electron chi connectivity index (χ2n) is 6.45. The van der Waals surface area contributed by atoms with E-state index in [2.05, 4.69) is 0 Å². The number of benzene rings is 3. The zero-order chi connectivity index (χ0) is 22.4. The fraction of sp³-hybridized carbons (Fsp3) is 0.250. The van der Waals surface area contributed by atoms with Crippen molar-refractivity contribution in [1.29, 1.82) is 0 Å². The molecule has 0 heterocycles. The van der Waals surface area contributed by atoms with Crippen molar-refractivity contribution < 1.29 is 28.4 Å². The maximum absolute atomic E-state index is 5.52. The molecule has 31 heavy (non-hydrogen) atoms. The average molecular weight is 425 g/mol. The van der Waals surface area contributed by atoms with Crippen molar-refractivity contribution in [1.82, 2.24) is 0 Å². The Bertz CT molecular complexity index is 905. The molecule has 0 fully saturated rings. The summed E-state index contributed by atoms with van der Waals surface area (Å²) in [7, 11) is 9.66. The lowest BCUT2D eigenvalue weighted by atomic mass is 10.1. The monoisotopic (exact) mass is 425 g/mol. The first-order valence-electron chi connectivity index (χ1n) is 9.56. The minimum Gasteiger partial charge on any atom is -0.493 e. The molecule has 0 amide bonds. The topological polar surface area (TPSA) is 58.6 Å². The third-order valence-electron chi connectivity index (χ3n) is 4.88. The normalized spacial score (nSPS) is 10.3. The largest absolute Gasteiger partial charge is 0.493 e. The number of methoxy groups -OCH3 is 6. The molecule has 3 aromatic rings. The number of anilines is 3. The van der Waals surface area contributed by atoms with E-state index in [0.717, 1.165) is 17.1 Å². The van der Waals surface area contributed by atoms with Crippen LogP contribution in [0.4, 0.5) is 17.1 Å². The molecule has 0 radical (unpaired) electrons. The third kappa shape index (κ3) is 4.40. The van der Waals surface area contributed by atoms with Crippen LogP contribution in [0.5, 0.6) is 34.5 Å². The Hall–Kier alpha value is -3.74. The van der Waals surface area contributed by atoms with Crippen LogP contribution >= 0.6 is 0 Å².